The van der Waals surface area contributed by atoms with E-state index in [4.69, 9.17) is 9.26 Å². The van der Waals surface area contributed by atoms with E-state index in [-0.39, 0.29) is 11.9 Å². The van der Waals surface area contributed by atoms with Gasteiger partial charge >= 0.3 is 0 Å². The van der Waals surface area contributed by atoms with Crippen LogP contribution in [0.25, 0.3) is 11.4 Å². The van der Waals surface area contributed by atoms with E-state index in [0.717, 1.165) is 12.1 Å². The number of aromatic nitrogens is 2. The fourth-order valence-electron chi connectivity index (χ4n) is 1.99. The van der Waals surface area contributed by atoms with Gasteiger partial charge in [0.2, 0.25) is 5.82 Å². The first-order valence-corrected chi connectivity index (χ1v) is 6.16. The van der Waals surface area contributed by atoms with Crippen LogP contribution in [0.15, 0.2) is 22.7 Å². The van der Waals surface area contributed by atoms with Crippen molar-refractivity contribution in [1.82, 2.24) is 15.5 Å². The van der Waals surface area contributed by atoms with E-state index < -0.39 is 0 Å². The zero-order valence-electron chi connectivity index (χ0n) is 10.5. The van der Waals surface area contributed by atoms with Crippen LogP contribution in [0.5, 0.6) is 0 Å². The van der Waals surface area contributed by atoms with E-state index in [9.17, 15) is 4.39 Å². The van der Waals surface area contributed by atoms with Gasteiger partial charge in [-0.3, -0.25) is 0 Å². The number of ether oxygens (including phenoxy) is 1. The van der Waals surface area contributed by atoms with Gasteiger partial charge in [-0.15, -0.1) is 0 Å². The van der Waals surface area contributed by atoms with Crippen molar-refractivity contribution >= 4 is 0 Å². The van der Waals surface area contributed by atoms with Gasteiger partial charge in [0.25, 0.3) is 5.89 Å². The Hall–Kier alpha value is -1.79. The highest BCUT2D eigenvalue weighted by Gasteiger charge is 2.22. The number of nitrogens with one attached hydrogen (secondary N) is 1. The Labute approximate surface area is 109 Å². The van der Waals surface area contributed by atoms with E-state index in [0.29, 0.717) is 30.4 Å². The number of aryl methyl sites for hydroxylation is 1. The summed E-state index contributed by atoms with van der Waals surface area (Å²) in [7, 11) is 0. The molecule has 0 unspecified atom stereocenters. The maximum Gasteiger partial charge on any atom is 0.257 e. The fraction of sp³-hybridized carbons (Fsp3) is 0.385. The van der Waals surface area contributed by atoms with Crippen molar-refractivity contribution in [2.75, 3.05) is 19.7 Å². The lowest BCUT2D eigenvalue weighted by Crippen LogP contribution is -2.33. The molecule has 1 fully saturated rings. The molecule has 100 valence electrons. The summed E-state index contributed by atoms with van der Waals surface area (Å²) in [6.45, 7) is 3.81. The second kappa shape index (κ2) is 5.07. The zero-order chi connectivity index (χ0) is 13.2. The first-order chi connectivity index (χ1) is 9.24. The molecular formula is C13H14FN3O2. The molecule has 3 rings (SSSR count). The number of rotatable bonds is 2. The second-order valence-electron chi connectivity index (χ2n) is 4.48. The number of nitrogens with zero attached hydrogens (tertiary/aromatic N) is 2. The van der Waals surface area contributed by atoms with Crippen molar-refractivity contribution in [3.63, 3.8) is 0 Å². The largest absolute Gasteiger partial charge is 0.366 e. The molecule has 1 aromatic carbocycles. The van der Waals surface area contributed by atoms with Crippen molar-refractivity contribution in [2.24, 2.45) is 0 Å². The summed E-state index contributed by atoms with van der Waals surface area (Å²) in [5.74, 6) is 0.656. The molecule has 0 spiro atoms. The zero-order valence-corrected chi connectivity index (χ0v) is 10.5. The van der Waals surface area contributed by atoms with Crippen LogP contribution in [0, 0.1) is 12.7 Å². The van der Waals surface area contributed by atoms with Crippen molar-refractivity contribution in [2.45, 2.75) is 13.0 Å². The van der Waals surface area contributed by atoms with E-state index in [2.05, 4.69) is 15.5 Å². The third kappa shape index (κ3) is 2.50. The molecule has 1 aromatic heterocycles. The van der Waals surface area contributed by atoms with E-state index >= 15 is 0 Å². The Balaban J connectivity index is 1.85. The summed E-state index contributed by atoms with van der Waals surface area (Å²) in [6, 6.07) is 4.74. The third-order valence-electron chi connectivity index (χ3n) is 3.06. The number of hydrogen-bond acceptors (Lipinski definition) is 5. The highest BCUT2D eigenvalue weighted by Crippen LogP contribution is 2.22. The van der Waals surface area contributed by atoms with Gasteiger partial charge in [0.05, 0.1) is 6.61 Å². The van der Waals surface area contributed by atoms with Crippen molar-refractivity contribution < 1.29 is 13.7 Å². The number of morpholine rings is 1. The van der Waals surface area contributed by atoms with Gasteiger partial charge in [0.1, 0.15) is 11.9 Å². The highest BCUT2D eigenvalue weighted by molar-refractivity contribution is 5.55. The summed E-state index contributed by atoms with van der Waals surface area (Å²) in [5.41, 5.74) is 1.29. The molecule has 6 heteroatoms. The van der Waals surface area contributed by atoms with Gasteiger partial charge in [-0.1, -0.05) is 5.16 Å². The lowest BCUT2D eigenvalue weighted by atomic mass is 10.1. The second-order valence-corrected chi connectivity index (χ2v) is 4.48. The SMILES string of the molecule is Cc1cc(-c2noc([C@H]3CNCCO3)n2)ccc1F. The molecule has 5 nitrogen and oxygen atoms in total. The summed E-state index contributed by atoms with van der Waals surface area (Å²) < 4.78 is 24.0. The minimum absolute atomic E-state index is 0.212. The van der Waals surface area contributed by atoms with Crippen LogP contribution < -0.4 is 5.32 Å². The van der Waals surface area contributed by atoms with Crippen molar-refractivity contribution in [3.05, 3.63) is 35.5 Å². The molecular weight excluding hydrogens is 249 g/mol. The van der Waals surface area contributed by atoms with Crippen LogP contribution in [-0.4, -0.2) is 29.8 Å². The summed E-state index contributed by atoms with van der Waals surface area (Å²) in [5, 5.41) is 7.11. The van der Waals surface area contributed by atoms with Gasteiger partial charge in [-0.05, 0) is 30.7 Å². The summed E-state index contributed by atoms with van der Waals surface area (Å²) in [6.07, 6.45) is -0.212. The molecule has 1 aliphatic heterocycles. The maximum atomic E-state index is 13.2. The summed E-state index contributed by atoms with van der Waals surface area (Å²) in [4.78, 5) is 4.31. The first kappa shape index (κ1) is 12.3. The van der Waals surface area contributed by atoms with Crippen LogP contribution in [0.3, 0.4) is 0 Å². The quantitative estimate of drug-likeness (QED) is 0.896. The lowest BCUT2D eigenvalue weighted by Gasteiger charge is -2.19. The predicted octanol–water partition coefficient (Wildman–Crippen LogP) is 1.85. The van der Waals surface area contributed by atoms with Gasteiger partial charge in [0.15, 0.2) is 0 Å². The van der Waals surface area contributed by atoms with E-state index in [1.54, 1.807) is 19.1 Å². The molecule has 0 bridgehead atoms. The smallest absolute Gasteiger partial charge is 0.257 e. The Morgan fingerprint density at radius 2 is 2.32 bits per heavy atom. The Kier molecular flexibility index (Phi) is 3.27. The van der Waals surface area contributed by atoms with Gasteiger partial charge in [0, 0.05) is 18.7 Å². The van der Waals surface area contributed by atoms with E-state index in [1.807, 2.05) is 0 Å². The first-order valence-electron chi connectivity index (χ1n) is 6.16. The third-order valence-corrected chi connectivity index (χ3v) is 3.06. The number of benzene rings is 1. The predicted molar refractivity (Wildman–Crippen MR) is 66.0 cm³/mol. The molecule has 1 atom stereocenters. The molecule has 2 aromatic rings. The van der Waals surface area contributed by atoms with Crippen molar-refractivity contribution in [1.29, 1.82) is 0 Å². The molecule has 1 saturated heterocycles. The average molecular weight is 263 g/mol. The number of hydrogen-bond donors (Lipinski definition) is 1. The maximum absolute atomic E-state index is 13.2. The number of halogens is 1. The molecule has 0 aliphatic carbocycles. The summed E-state index contributed by atoms with van der Waals surface area (Å²) >= 11 is 0. The normalized spacial score (nSPS) is 19.6. The van der Waals surface area contributed by atoms with Gasteiger partial charge < -0.3 is 14.6 Å². The van der Waals surface area contributed by atoms with Gasteiger partial charge in [-0.25, -0.2) is 4.39 Å². The topological polar surface area (TPSA) is 60.2 Å². The monoisotopic (exact) mass is 263 g/mol. The standard InChI is InChI=1S/C13H14FN3O2/c1-8-6-9(2-3-10(8)14)12-16-13(19-17-12)11-7-15-4-5-18-11/h2-3,6,11,15H,4-5,7H2,1H3/t11-/m1/s1. The minimum atomic E-state index is -0.243. The molecule has 1 N–H and O–H groups in total. The molecule has 0 saturated carbocycles. The lowest BCUT2D eigenvalue weighted by molar-refractivity contribution is 0.00755. The van der Waals surface area contributed by atoms with Crippen LogP contribution in [0.2, 0.25) is 0 Å². The molecule has 1 aliphatic rings. The average Bonchev–Trinajstić information content (AvgIpc) is 2.93. The van der Waals surface area contributed by atoms with Crippen molar-refractivity contribution in [3.8, 4) is 11.4 Å². The fourth-order valence-corrected chi connectivity index (χ4v) is 1.99. The minimum Gasteiger partial charge on any atom is -0.366 e. The molecule has 0 radical (unpaired) electrons. The molecule has 2 heterocycles. The Morgan fingerprint density at radius 3 is 3.05 bits per heavy atom. The van der Waals surface area contributed by atoms with Crippen LogP contribution >= 0.6 is 0 Å². The molecule has 19 heavy (non-hydrogen) atoms. The van der Waals surface area contributed by atoms with Crippen LogP contribution in [0.4, 0.5) is 4.39 Å². The van der Waals surface area contributed by atoms with Crippen LogP contribution in [0.1, 0.15) is 17.6 Å². The van der Waals surface area contributed by atoms with E-state index in [1.165, 1.54) is 6.07 Å². The van der Waals surface area contributed by atoms with Crippen LogP contribution in [-0.2, 0) is 4.74 Å². The molecule has 0 amide bonds. The Bertz CT molecular complexity index is 579. The Morgan fingerprint density at radius 1 is 1.42 bits per heavy atom. The van der Waals surface area contributed by atoms with Gasteiger partial charge in [-0.2, -0.15) is 4.98 Å². The highest BCUT2D eigenvalue weighted by atomic mass is 19.1.